The molecule has 0 bridgehead atoms. The summed E-state index contributed by atoms with van der Waals surface area (Å²) in [5, 5.41) is 5.04. The number of nitrogens with two attached hydrogens (primary N) is 1. The molecule has 0 radical (unpaired) electrons. The predicted molar refractivity (Wildman–Crippen MR) is 72.9 cm³/mol. The third kappa shape index (κ3) is 12.3. The minimum Gasteiger partial charge on any atom is -0.379 e. The lowest BCUT2D eigenvalue weighted by atomic mass is 10.1. The average molecular weight is 281 g/mol. The number of sulfonamides is 1. The molecule has 0 fully saturated rings. The molecule has 1 atom stereocenters. The zero-order valence-electron chi connectivity index (χ0n) is 11.6. The molecule has 0 saturated heterocycles. The summed E-state index contributed by atoms with van der Waals surface area (Å²) in [4.78, 5) is 0. The van der Waals surface area contributed by atoms with Gasteiger partial charge in [-0.25, -0.2) is 13.6 Å². The third-order valence-corrected chi connectivity index (χ3v) is 3.47. The second kappa shape index (κ2) is 10.7. The second-order valence-electron chi connectivity index (χ2n) is 4.53. The fourth-order valence-corrected chi connectivity index (χ4v) is 2.59. The third-order valence-electron chi connectivity index (χ3n) is 2.53. The largest absolute Gasteiger partial charge is 0.379 e. The molecule has 0 aliphatic heterocycles. The fourth-order valence-electron chi connectivity index (χ4n) is 1.67. The number of hydrogen-bond acceptors (Lipinski definition) is 4. The Bertz CT molecular complexity index is 280. The van der Waals surface area contributed by atoms with Crippen LogP contribution in [0.2, 0.25) is 0 Å². The molecule has 0 spiro atoms. The van der Waals surface area contributed by atoms with Crippen molar-refractivity contribution < 1.29 is 17.9 Å². The number of primary sulfonamides is 1. The molecule has 0 rings (SSSR count). The molecule has 0 aromatic rings. The van der Waals surface area contributed by atoms with Gasteiger partial charge in [-0.05, 0) is 18.8 Å². The van der Waals surface area contributed by atoms with E-state index in [1.807, 2.05) is 6.92 Å². The van der Waals surface area contributed by atoms with E-state index in [1.54, 1.807) is 0 Å². The lowest BCUT2D eigenvalue weighted by Gasteiger charge is -2.15. The van der Waals surface area contributed by atoms with Crippen molar-refractivity contribution in [3.8, 4) is 0 Å². The highest BCUT2D eigenvalue weighted by molar-refractivity contribution is 7.89. The molecule has 0 saturated carbocycles. The van der Waals surface area contributed by atoms with E-state index in [4.69, 9.17) is 14.6 Å². The summed E-state index contributed by atoms with van der Waals surface area (Å²) < 4.78 is 32.8. The van der Waals surface area contributed by atoms with E-state index in [0.717, 1.165) is 32.3 Å². The van der Waals surface area contributed by atoms with Gasteiger partial charge in [-0.1, -0.05) is 26.7 Å². The van der Waals surface area contributed by atoms with Crippen LogP contribution in [0.3, 0.4) is 0 Å². The maximum Gasteiger partial charge on any atom is 0.209 e. The Morgan fingerprint density at radius 3 is 2.28 bits per heavy atom. The zero-order valence-corrected chi connectivity index (χ0v) is 12.4. The summed E-state index contributed by atoms with van der Waals surface area (Å²) in [6.07, 6.45) is 3.92. The van der Waals surface area contributed by atoms with Crippen LogP contribution in [0.25, 0.3) is 0 Å². The van der Waals surface area contributed by atoms with Crippen molar-refractivity contribution in [3.63, 3.8) is 0 Å². The van der Waals surface area contributed by atoms with Crippen molar-refractivity contribution in [2.75, 3.05) is 32.2 Å². The van der Waals surface area contributed by atoms with E-state index in [1.165, 1.54) is 0 Å². The Morgan fingerprint density at radius 2 is 1.72 bits per heavy atom. The first kappa shape index (κ1) is 17.8. The van der Waals surface area contributed by atoms with E-state index in [2.05, 4.69) is 6.92 Å². The normalized spacial score (nSPS) is 13.7. The number of rotatable bonds is 12. The molecule has 1 unspecified atom stereocenters. The molecule has 0 aliphatic carbocycles. The van der Waals surface area contributed by atoms with Gasteiger partial charge >= 0.3 is 0 Å². The van der Waals surface area contributed by atoms with Crippen LogP contribution in [-0.2, 0) is 19.5 Å². The van der Waals surface area contributed by atoms with Gasteiger partial charge in [0, 0.05) is 6.61 Å². The van der Waals surface area contributed by atoms with Gasteiger partial charge in [-0.15, -0.1) is 0 Å². The standard InChI is InChI=1S/C12H27NO4S/c1-3-5-7-16-8-9-17-10-12(6-4-2)11-18(13,14)15/h12H,3-11H2,1-2H3,(H2,13,14,15). The molecular formula is C12H27NO4S. The fraction of sp³-hybridized carbons (Fsp3) is 1.00. The summed E-state index contributed by atoms with van der Waals surface area (Å²) in [6, 6.07) is 0. The summed E-state index contributed by atoms with van der Waals surface area (Å²) in [5.74, 6) is -0.0157. The highest BCUT2D eigenvalue weighted by atomic mass is 32.2. The van der Waals surface area contributed by atoms with Crippen LogP contribution in [0, 0.1) is 5.92 Å². The van der Waals surface area contributed by atoms with E-state index in [-0.39, 0.29) is 11.7 Å². The summed E-state index contributed by atoms with van der Waals surface area (Å²) >= 11 is 0. The van der Waals surface area contributed by atoms with Gasteiger partial charge in [-0.2, -0.15) is 0 Å². The van der Waals surface area contributed by atoms with E-state index in [0.29, 0.717) is 19.8 Å². The highest BCUT2D eigenvalue weighted by Crippen LogP contribution is 2.09. The van der Waals surface area contributed by atoms with Crippen molar-refractivity contribution in [2.24, 2.45) is 11.1 Å². The van der Waals surface area contributed by atoms with Gasteiger partial charge in [-0.3, -0.25) is 0 Å². The second-order valence-corrected chi connectivity index (χ2v) is 6.18. The minimum absolute atomic E-state index is 0.00245. The monoisotopic (exact) mass is 281 g/mol. The quantitative estimate of drug-likeness (QED) is 0.550. The number of hydrogen-bond donors (Lipinski definition) is 1. The van der Waals surface area contributed by atoms with E-state index < -0.39 is 10.0 Å². The Morgan fingerprint density at radius 1 is 1.06 bits per heavy atom. The van der Waals surface area contributed by atoms with Crippen molar-refractivity contribution in [2.45, 2.75) is 39.5 Å². The molecule has 5 nitrogen and oxygen atoms in total. The average Bonchev–Trinajstić information content (AvgIpc) is 2.26. The molecule has 0 aromatic heterocycles. The molecule has 0 aromatic carbocycles. The Kier molecular flexibility index (Phi) is 10.6. The summed E-state index contributed by atoms with van der Waals surface area (Å²) in [5.41, 5.74) is 0. The van der Waals surface area contributed by atoms with E-state index >= 15 is 0 Å². The molecular weight excluding hydrogens is 254 g/mol. The number of ether oxygens (including phenoxy) is 2. The molecule has 0 heterocycles. The van der Waals surface area contributed by atoms with Crippen molar-refractivity contribution >= 4 is 10.0 Å². The number of unbranched alkanes of at least 4 members (excludes halogenated alkanes) is 1. The van der Waals surface area contributed by atoms with Crippen molar-refractivity contribution in [3.05, 3.63) is 0 Å². The van der Waals surface area contributed by atoms with Gasteiger partial charge < -0.3 is 9.47 Å². The minimum atomic E-state index is -3.41. The molecule has 0 aliphatic rings. The lowest BCUT2D eigenvalue weighted by molar-refractivity contribution is 0.0341. The molecule has 2 N–H and O–H groups in total. The maximum absolute atomic E-state index is 11.0. The van der Waals surface area contributed by atoms with Gasteiger partial charge in [0.25, 0.3) is 0 Å². The van der Waals surface area contributed by atoms with Crippen LogP contribution in [0.1, 0.15) is 39.5 Å². The van der Waals surface area contributed by atoms with Crippen LogP contribution in [0.4, 0.5) is 0 Å². The first-order chi connectivity index (χ1) is 8.49. The lowest BCUT2D eigenvalue weighted by Crippen LogP contribution is -2.26. The Labute approximate surface area is 111 Å². The van der Waals surface area contributed by atoms with Gasteiger partial charge in [0.05, 0.1) is 25.6 Å². The summed E-state index contributed by atoms with van der Waals surface area (Å²) in [7, 11) is -3.41. The van der Waals surface area contributed by atoms with Crippen LogP contribution in [-0.4, -0.2) is 40.6 Å². The van der Waals surface area contributed by atoms with Crippen LogP contribution < -0.4 is 5.14 Å². The SMILES string of the molecule is CCCCOCCOCC(CCC)CS(N)(=O)=O. The zero-order chi connectivity index (χ0) is 13.9. The van der Waals surface area contributed by atoms with Gasteiger partial charge in [0.2, 0.25) is 10.0 Å². The highest BCUT2D eigenvalue weighted by Gasteiger charge is 2.15. The Hall–Kier alpha value is -0.170. The molecule has 18 heavy (non-hydrogen) atoms. The first-order valence-electron chi connectivity index (χ1n) is 6.65. The van der Waals surface area contributed by atoms with Crippen LogP contribution in [0.5, 0.6) is 0 Å². The Balaban J connectivity index is 3.64. The molecule has 0 amide bonds. The summed E-state index contributed by atoms with van der Waals surface area (Å²) in [6.45, 7) is 6.39. The van der Waals surface area contributed by atoms with Gasteiger partial charge in [0.1, 0.15) is 0 Å². The predicted octanol–water partition coefficient (Wildman–Crippen LogP) is 1.52. The molecule has 6 heteroatoms. The van der Waals surface area contributed by atoms with Crippen molar-refractivity contribution in [1.82, 2.24) is 0 Å². The maximum atomic E-state index is 11.0. The smallest absolute Gasteiger partial charge is 0.209 e. The van der Waals surface area contributed by atoms with Crippen LogP contribution >= 0.6 is 0 Å². The topological polar surface area (TPSA) is 78.6 Å². The van der Waals surface area contributed by atoms with Crippen LogP contribution in [0.15, 0.2) is 0 Å². The molecule has 110 valence electrons. The van der Waals surface area contributed by atoms with Crippen molar-refractivity contribution in [1.29, 1.82) is 0 Å². The first-order valence-corrected chi connectivity index (χ1v) is 8.37. The van der Waals surface area contributed by atoms with E-state index in [9.17, 15) is 8.42 Å². The van der Waals surface area contributed by atoms with Gasteiger partial charge in [0.15, 0.2) is 0 Å².